The molecule has 0 aliphatic heterocycles. The van der Waals surface area contributed by atoms with Gasteiger partial charge in [0.25, 0.3) is 5.91 Å². The molecule has 0 aliphatic rings. The molecule has 0 heterocycles. The summed E-state index contributed by atoms with van der Waals surface area (Å²) in [7, 11) is 2.76. The van der Waals surface area contributed by atoms with Gasteiger partial charge in [-0.15, -0.1) is 0 Å². The molecule has 2 aromatic carbocycles. The Bertz CT molecular complexity index is 749. The van der Waals surface area contributed by atoms with Crippen molar-refractivity contribution in [1.82, 2.24) is 0 Å². The van der Waals surface area contributed by atoms with E-state index in [1.54, 1.807) is 24.3 Å². The summed E-state index contributed by atoms with van der Waals surface area (Å²) in [5.41, 5.74) is 1.45. The lowest BCUT2D eigenvalue weighted by Crippen LogP contribution is -2.12. The zero-order valence-electron chi connectivity index (χ0n) is 13.5. The smallest absolute Gasteiger partial charge is 0.387 e. The highest BCUT2D eigenvalue weighted by Crippen LogP contribution is 2.31. The number of methoxy groups -OCH3 is 1. The fraction of sp³-hybridized carbons (Fsp3) is 0.176. The van der Waals surface area contributed by atoms with Gasteiger partial charge in [-0.1, -0.05) is 17.3 Å². The molecule has 0 unspecified atom stereocenters. The summed E-state index contributed by atoms with van der Waals surface area (Å²) >= 11 is 0. The van der Waals surface area contributed by atoms with Crippen LogP contribution in [0.25, 0.3) is 0 Å². The maximum atomic E-state index is 12.4. The number of amides is 1. The lowest BCUT2D eigenvalue weighted by molar-refractivity contribution is -0.0511. The second-order valence-electron chi connectivity index (χ2n) is 4.74. The Morgan fingerprint density at radius 1 is 1.12 bits per heavy atom. The number of rotatable bonds is 7. The molecular formula is C17H16F2N2O4. The van der Waals surface area contributed by atoms with E-state index in [9.17, 15) is 13.6 Å². The van der Waals surface area contributed by atoms with E-state index in [1.165, 1.54) is 38.6 Å². The van der Waals surface area contributed by atoms with Crippen molar-refractivity contribution >= 4 is 17.8 Å². The van der Waals surface area contributed by atoms with Crippen LogP contribution in [-0.2, 0) is 4.84 Å². The second-order valence-corrected chi connectivity index (χ2v) is 4.74. The second kappa shape index (κ2) is 8.62. The van der Waals surface area contributed by atoms with Crippen molar-refractivity contribution in [2.75, 3.05) is 19.5 Å². The molecule has 0 spiro atoms. The van der Waals surface area contributed by atoms with E-state index in [0.29, 0.717) is 11.3 Å². The number of ether oxygens (including phenoxy) is 2. The van der Waals surface area contributed by atoms with E-state index >= 15 is 0 Å². The summed E-state index contributed by atoms with van der Waals surface area (Å²) in [4.78, 5) is 16.8. The van der Waals surface area contributed by atoms with E-state index in [4.69, 9.17) is 4.74 Å². The SMILES string of the molecule is CO/N=C/c1ccc(C(=O)Nc2ccc(OC)c(OC(F)F)c2)cc1. The van der Waals surface area contributed by atoms with Crippen molar-refractivity contribution in [2.45, 2.75) is 6.61 Å². The molecule has 25 heavy (non-hydrogen) atoms. The van der Waals surface area contributed by atoms with E-state index in [0.717, 1.165) is 5.56 Å². The van der Waals surface area contributed by atoms with Crippen LogP contribution in [0, 0.1) is 0 Å². The van der Waals surface area contributed by atoms with Crippen molar-refractivity contribution in [2.24, 2.45) is 5.16 Å². The fourth-order valence-corrected chi connectivity index (χ4v) is 1.98. The van der Waals surface area contributed by atoms with Gasteiger partial charge in [0.15, 0.2) is 11.5 Å². The third-order valence-corrected chi connectivity index (χ3v) is 3.12. The van der Waals surface area contributed by atoms with Crippen LogP contribution in [0.5, 0.6) is 11.5 Å². The molecule has 2 rings (SSSR count). The molecule has 0 saturated heterocycles. The molecular weight excluding hydrogens is 334 g/mol. The molecule has 0 saturated carbocycles. The van der Waals surface area contributed by atoms with Crippen LogP contribution in [0.2, 0.25) is 0 Å². The highest BCUT2D eigenvalue weighted by Gasteiger charge is 2.13. The van der Waals surface area contributed by atoms with Crippen LogP contribution in [-0.4, -0.2) is 33.0 Å². The van der Waals surface area contributed by atoms with Gasteiger partial charge >= 0.3 is 6.61 Å². The zero-order chi connectivity index (χ0) is 18.2. The third kappa shape index (κ3) is 5.17. The van der Waals surface area contributed by atoms with Crippen molar-refractivity contribution in [3.8, 4) is 11.5 Å². The van der Waals surface area contributed by atoms with Gasteiger partial charge in [-0.25, -0.2) is 0 Å². The van der Waals surface area contributed by atoms with E-state index in [-0.39, 0.29) is 11.5 Å². The number of hydrogen-bond donors (Lipinski definition) is 1. The minimum Gasteiger partial charge on any atom is -0.493 e. The first kappa shape index (κ1) is 18.2. The van der Waals surface area contributed by atoms with E-state index in [1.807, 2.05) is 0 Å². The highest BCUT2D eigenvalue weighted by molar-refractivity contribution is 6.04. The molecule has 0 radical (unpaired) electrons. The quantitative estimate of drug-likeness (QED) is 0.613. The summed E-state index contributed by atoms with van der Waals surface area (Å²) in [6.07, 6.45) is 1.50. The predicted octanol–water partition coefficient (Wildman–Crippen LogP) is 3.53. The summed E-state index contributed by atoms with van der Waals surface area (Å²) < 4.78 is 34.2. The Morgan fingerprint density at radius 2 is 1.84 bits per heavy atom. The standard InChI is InChI=1S/C17H16F2N2O4/c1-23-14-8-7-13(9-15(14)25-17(18)19)21-16(22)12-5-3-11(4-6-12)10-20-24-2/h3-10,17H,1-2H3,(H,21,22)/b20-10+. The van der Waals surface area contributed by atoms with Crippen molar-refractivity contribution in [1.29, 1.82) is 0 Å². The van der Waals surface area contributed by atoms with Crippen LogP contribution < -0.4 is 14.8 Å². The number of halogens is 2. The molecule has 0 aromatic heterocycles. The molecule has 132 valence electrons. The summed E-state index contributed by atoms with van der Waals surface area (Å²) in [5, 5.41) is 6.23. The first-order chi connectivity index (χ1) is 12.0. The maximum absolute atomic E-state index is 12.4. The van der Waals surface area contributed by atoms with Gasteiger partial charge in [0, 0.05) is 17.3 Å². The molecule has 6 nitrogen and oxygen atoms in total. The summed E-state index contributed by atoms with van der Waals surface area (Å²) in [6.45, 7) is -3.00. The van der Waals surface area contributed by atoms with Crippen LogP contribution in [0.4, 0.5) is 14.5 Å². The Kier molecular flexibility index (Phi) is 6.27. The summed E-state index contributed by atoms with van der Waals surface area (Å²) in [6, 6.07) is 10.8. The van der Waals surface area contributed by atoms with Gasteiger partial charge in [-0.3, -0.25) is 4.79 Å². The molecule has 0 atom stereocenters. The number of carbonyl (C=O) groups excluding carboxylic acids is 1. The van der Waals surface area contributed by atoms with Gasteiger partial charge in [-0.2, -0.15) is 8.78 Å². The molecule has 0 aliphatic carbocycles. The minimum atomic E-state index is -3.00. The van der Waals surface area contributed by atoms with Crippen LogP contribution in [0.3, 0.4) is 0 Å². The van der Waals surface area contributed by atoms with Gasteiger partial charge < -0.3 is 19.6 Å². The number of nitrogens with one attached hydrogen (secondary N) is 1. The number of anilines is 1. The van der Waals surface area contributed by atoms with E-state index < -0.39 is 12.5 Å². The molecule has 0 fully saturated rings. The number of carbonyl (C=O) groups is 1. The van der Waals surface area contributed by atoms with Crippen LogP contribution in [0.15, 0.2) is 47.6 Å². The zero-order valence-corrected chi connectivity index (χ0v) is 13.5. The Balaban J connectivity index is 2.13. The van der Waals surface area contributed by atoms with Gasteiger partial charge in [0.1, 0.15) is 7.11 Å². The normalized spacial score (nSPS) is 10.8. The average molecular weight is 350 g/mol. The monoisotopic (exact) mass is 350 g/mol. The largest absolute Gasteiger partial charge is 0.493 e. The van der Waals surface area contributed by atoms with Crippen LogP contribution in [0.1, 0.15) is 15.9 Å². The lowest BCUT2D eigenvalue weighted by atomic mass is 10.1. The number of nitrogens with zero attached hydrogens (tertiary/aromatic N) is 1. The summed E-state index contributed by atoms with van der Waals surface area (Å²) in [5.74, 6) is -0.426. The third-order valence-electron chi connectivity index (χ3n) is 3.12. The molecule has 0 bridgehead atoms. The first-order valence-electron chi connectivity index (χ1n) is 7.14. The van der Waals surface area contributed by atoms with Crippen LogP contribution >= 0.6 is 0 Å². The molecule has 8 heteroatoms. The molecule has 2 aromatic rings. The van der Waals surface area contributed by atoms with Gasteiger partial charge in [0.05, 0.1) is 13.3 Å². The molecule has 1 amide bonds. The van der Waals surface area contributed by atoms with Crippen molar-refractivity contribution < 1.29 is 27.9 Å². The Labute approximate surface area is 143 Å². The van der Waals surface area contributed by atoms with Gasteiger partial charge in [0.2, 0.25) is 0 Å². The van der Waals surface area contributed by atoms with Crippen molar-refractivity contribution in [3.05, 3.63) is 53.6 Å². The maximum Gasteiger partial charge on any atom is 0.387 e. The average Bonchev–Trinajstić information content (AvgIpc) is 2.60. The lowest BCUT2D eigenvalue weighted by Gasteiger charge is -2.12. The Morgan fingerprint density at radius 3 is 2.44 bits per heavy atom. The number of alkyl halides is 2. The molecule has 1 N–H and O–H groups in total. The Hall–Kier alpha value is -3.16. The van der Waals surface area contributed by atoms with Gasteiger partial charge in [-0.05, 0) is 29.8 Å². The fourth-order valence-electron chi connectivity index (χ4n) is 1.98. The van der Waals surface area contributed by atoms with E-state index in [2.05, 4.69) is 20.0 Å². The predicted molar refractivity (Wildman–Crippen MR) is 88.6 cm³/mol. The van der Waals surface area contributed by atoms with Crippen molar-refractivity contribution in [3.63, 3.8) is 0 Å². The number of benzene rings is 2. The number of oxime groups is 1. The first-order valence-corrected chi connectivity index (χ1v) is 7.14. The topological polar surface area (TPSA) is 69.2 Å². The minimum absolute atomic E-state index is 0.139. The number of hydrogen-bond acceptors (Lipinski definition) is 5. The highest BCUT2D eigenvalue weighted by atomic mass is 19.3.